The summed E-state index contributed by atoms with van der Waals surface area (Å²) >= 11 is 1.63. The SMILES string of the molecule is C=CCSc1cc(CCCCC)ccc1O. The summed E-state index contributed by atoms with van der Waals surface area (Å²) in [5, 5.41) is 9.68. The van der Waals surface area contributed by atoms with Crippen LogP contribution in [0.25, 0.3) is 0 Å². The van der Waals surface area contributed by atoms with Crippen LogP contribution in [0, 0.1) is 0 Å². The fourth-order valence-electron chi connectivity index (χ4n) is 1.56. The first-order valence-electron chi connectivity index (χ1n) is 5.83. The number of hydrogen-bond acceptors (Lipinski definition) is 2. The molecule has 0 amide bonds. The molecule has 1 aromatic carbocycles. The van der Waals surface area contributed by atoms with Crippen LogP contribution in [0.5, 0.6) is 5.75 Å². The van der Waals surface area contributed by atoms with Gasteiger partial charge in [0.25, 0.3) is 0 Å². The number of phenolic OH excluding ortho intramolecular Hbond substituents is 1. The lowest BCUT2D eigenvalue weighted by atomic mass is 10.1. The summed E-state index contributed by atoms with van der Waals surface area (Å²) in [6, 6.07) is 5.91. The minimum Gasteiger partial charge on any atom is -0.507 e. The van der Waals surface area contributed by atoms with E-state index in [1.54, 1.807) is 17.8 Å². The van der Waals surface area contributed by atoms with Crippen LogP contribution in [0.15, 0.2) is 35.7 Å². The van der Waals surface area contributed by atoms with Gasteiger partial charge in [0, 0.05) is 10.6 Å². The molecule has 2 heteroatoms. The van der Waals surface area contributed by atoms with Crippen LogP contribution in [0.1, 0.15) is 31.7 Å². The first kappa shape index (κ1) is 13.2. The minimum absolute atomic E-state index is 0.381. The highest BCUT2D eigenvalue weighted by Gasteiger charge is 2.02. The average molecular weight is 236 g/mol. The van der Waals surface area contributed by atoms with Crippen LogP contribution in [-0.2, 0) is 6.42 Å². The Morgan fingerprint density at radius 2 is 2.19 bits per heavy atom. The van der Waals surface area contributed by atoms with Crippen molar-refractivity contribution in [2.45, 2.75) is 37.5 Å². The molecule has 0 unspecified atom stereocenters. The number of benzene rings is 1. The number of rotatable bonds is 7. The van der Waals surface area contributed by atoms with E-state index in [4.69, 9.17) is 0 Å². The van der Waals surface area contributed by atoms with E-state index in [1.165, 1.54) is 24.8 Å². The predicted molar refractivity (Wildman–Crippen MR) is 72.3 cm³/mol. The Labute approximate surface area is 103 Å². The first-order chi connectivity index (χ1) is 7.77. The summed E-state index contributed by atoms with van der Waals surface area (Å²) < 4.78 is 0. The van der Waals surface area contributed by atoms with Crippen LogP contribution >= 0.6 is 11.8 Å². The molecule has 0 aliphatic heterocycles. The highest BCUT2D eigenvalue weighted by atomic mass is 32.2. The van der Waals surface area contributed by atoms with Crippen molar-refractivity contribution in [3.8, 4) is 5.75 Å². The number of aromatic hydroxyl groups is 1. The Morgan fingerprint density at radius 3 is 2.88 bits per heavy atom. The fraction of sp³-hybridized carbons (Fsp3) is 0.429. The van der Waals surface area contributed by atoms with Gasteiger partial charge in [-0.2, -0.15) is 0 Å². The molecule has 0 aromatic heterocycles. The van der Waals surface area contributed by atoms with Crippen LogP contribution in [-0.4, -0.2) is 10.9 Å². The molecule has 0 radical (unpaired) electrons. The van der Waals surface area contributed by atoms with Crippen molar-refractivity contribution in [1.29, 1.82) is 0 Å². The lowest BCUT2D eigenvalue weighted by molar-refractivity contribution is 0.462. The van der Waals surface area contributed by atoms with Crippen LogP contribution in [0.4, 0.5) is 0 Å². The van der Waals surface area contributed by atoms with Gasteiger partial charge in [0.15, 0.2) is 0 Å². The monoisotopic (exact) mass is 236 g/mol. The van der Waals surface area contributed by atoms with Crippen molar-refractivity contribution >= 4 is 11.8 Å². The maximum absolute atomic E-state index is 9.68. The van der Waals surface area contributed by atoms with E-state index in [0.29, 0.717) is 5.75 Å². The lowest BCUT2D eigenvalue weighted by Crippen LogP contribution is -1.87. The van der Waals surface area contributed by atoms with Gasteiger partial charge in [0.2, 0.25) is 0 Å². The van der Waals surface area contributed by atoms with Gasteiger partial charge in [-0.25, -0.2) is 0 Å². The predicted octanol–water partition coefficient (Wildman–Crippen LogP) is 4.40. The molecule has 0 bridgehead atoms. The Balaban J connectivity index is 2.61. The highest BCUT2D eigenvalue weighted by Crippen LogP contribution is 2.29. The molecule has 1 aromatic rings. The molecule has 16 heavy (non-hydrogen) atoms. The number of hydrogen-bond donors (Lipinski definition) is 1. The topological polar surface area (TPSA) is 20.2 Å². The molecule has 0 saturated carbocycles. The van der Waals surface area contributed by atoms with E-state index < -0.39 is 0 Å². The third-order valence-corrected chi connectivity index (χ3v) is 3.49. The molecule has 0 spiro atoms. The molecule has 0 atom stereocenters. The van der Waals surface area contributed by atoms with Crippen molar-refractivity contribution < 1.29 is 5.11 Å². The summed E-state index contributed by atoms with van der Waals surface area (Å²) in [6.45, 7) is 5.90. The third-order valence-electron chi connectivity index (χ3n) is 2.45. The summed E-state index contributed by atoms with van der Waals surface area (Å²) in [7, 11) is 0. The van der Waals surface area contributed by atoms with E-state index >= 15 is 0 Å². The van der Waals surface area contributed by atoms with Crippen molar-refractivity contribution in [2.75, 3.05) is 5.75 Å². The Hall–Kier alpha value is -0.890. The van der Waals surface area contributed by atoms with Gasteiger partial charge >= 0.3 is 0 Å². The summed E-state index contributed by atoms with van der Waals surface area (Å²) in [6.07, 6.45) is 6.71. The second kappa shape index (κ2) is 7.39. The molecule has 1 N–H and O–H groups in total. The third kappa shape index (κ3) is 4.31. The minimum atomic E-state index is 0.381. The molecule has 0 aliphatic carbocycles. The lowest BCUT2D eigenvalue weighted by Gasteiger charge is -2.06. The van der Waals surface area contributed by atoms with Gasteiger partial charge in [0.1, 0.15) is 5.75 Å². The van der Waals surface area contributed by atoms with E-state index in [9.17, 15) is 5.11 Å². The van der Waals surface area contributed by atoms with Gasteiger partial charge in [-0.15, -0.1) is 18.3 Å². The van der Waals surface area contributed by atoms with Crippen molar-refractivity contribution in [1.82, 2.24) is 0 Å². The van der Waals surface area contributed by atoms with Gasteiger partial charge < -0.3 is 5.11 Å². The standard InChI is InChI=1S/C14H20OS/c1-3-5-6-7-12-8-9-13(15)14(11-12)16-10-4-2/h4,8-9,11,15H,2-3,5-7,10H2,1H3. The van der Waals surface area contributed by atoms with Crippen molar-refractivity contribution in [2.24, 2.45) is 0 Å². The largest absolute Gasteiger partial charge is 0.507 e. The zero-order chi connectivity index (χ0) is 11.8. The van der Waals surface area contributed by atoms with Crippen LogP contribution < -0.4 is 0 Å². The van der Waals surface area contributed by atoms with Gasteiger partial charge in [0.05, 0.1) is 0 Å². The number of unbranched alkanes of at least 4 members (excludes halogenated alkanes) is 2. The highest BCUT2D eigenvalue weighted by molar-refractivity contribution is 7.99. The Bertz CT molecular complexity index is 334. The number of aryl methyl sites for hydroxylation is 1. The molecular formula is C14H20OS. The second-order valence-electron chi connectivity index (χ2n) is 3.86. The smallest absolute Gasteiger partial charge is 0.129 e. The maximum atomic E-state index is 9.68. The van der Waals surface area contributed by atoms with E-state index in [2.05, 4.69) is 19.6 Å². The Morgan fingerprint density at radius 1 is 1.38 bits per heavy atom. The molecule has 0 fully saturated rings. The molecule has 88 valence electrons. The maximum Gasteiger partial charge on any atom is 0.129 e. The fourth-order valence-corrected chi connectivity index (χ4v) is 2.31. The van der Waals surface area contributed by atoms with E-state index in [-0.39, 0.29) is 0 Å². The second-order valence-corrected chi connectivity index (χ2v) is 4.92. The number of thioether (sulfide) groups is 1. The molecule has 0 aliphatic rings. The summed E-state index contributed by atoms with van der Waals surface area (Å²) in [5.74, 6) is 1.22. The normalized spacial score (nSPS) is 10.3. The molecule has 1 rings (SSSR count). The van der Waals surface area contributed by atoms with Gasteiger partial charge in [-0.1, -0.05) is 31.9 Å². The molecule has 0 heterocycles. The molecule has 1 nitrogen and oxygen atoms in total. The van der Waals surface area contributed by atoms with E-state index in [0.717, 1.165) is 17.1 Å². The van der Waals surface area contributed by atoms with E-state index in [1.807, 2.05) is 12.1 Å². The Kier molecular flexibility index (Phi) is 6.09. The molecular weight excluding hydrogens is 216 g/mol. The summed E-state index contributed by atoms with van der Waals surface area (Å²) in [4.78, 5) is 0.967. The number of phenols is 1. The van der Waals surface area contributed by atoms with Crippen molar-refractivity contribution in [3.63, 3.8) is 0 Å². The van der Waals surface area contributed by atoms with Gasteiger partial charge in [-0.3, -0.25) is 0 Å². The summed E-state index contributed by atoms with van der Waals surface area (Å²) in [5.41, 5.74) is 1.32. The zero-order valence-electron chi connectivity index (χ0n) is 9.91. The first-order valence-corrected chi connectivity index (χ1v) is 6.82. The molecule has 0 saturated heterocycles. The quantitative estimate of drug-likeness (QED) is 0.430. The zero-order valence-corrected chi connectivity index (χ0v) is 10.7. The van der Waals surface area contributed by atoms with Crippen LogP contribution in [0.3, 0.4) is 0 Å². The average Bonchev–Trinajstić information content (AvgIpc) is 2.30. The van der Waals surface area contributed by atoms with Crippen LogP contribution in [0.2, 0.25) is 0 Å². The van der Waals surface area contributed by atoms with Gasteiger partial charge in [-0.05, 0) is 30.5 Å². The van der Waals surface area contributed by atoms with Crippen molar-refractivity contribution in [3.05, 3.63) is 36.4 Å².